The Hall–Kier alpha value is -2.62. The fraction of sp³-hybridized carbons (Fsp3) is 0.0952. The second-order valence-electron chi connectivity index (χ2n) is 10.6. The van der Waals surface area contributed by atoms with Crippen LogP contribution in [0.25, 0.3) is 43.1 Å². The fourth-order valence-electron chi connectivity index (χ4n) is 4.28. The van der Waals surface area contributed by atoms with Gasteiger partial charge in [0, 0.05) is 0 Å². The minimum atomic E-state index is 0. The van der Waals surface area contributed by atoms with Gasteiger partial charge in [0.1, 0.15) is 0 Å². The molecule has 0 aliphatic rings. The summed E-state index contributed by atoms with van der Waals surface area (Å²) >= 11 is 2.53. The van der Waals surface area contributed by atoms with Crippen LogP contribution in [-0.4, -0.2) is 6.51 Å². The molecule has 0 amide bonds. The first-order valence-electron chi connectivity index (χ1n) is 14.8. The van der Waals surface area contributed by atoms with Gasteiger partial charge in [-0.25, -0.2) is 0 Å². The first-order chi connectivity index (χ1) is 21.3. The Morgan fingerprint density at radius 1 is 0.348 bits per heavy atom. The number of rotatable bonds is 0. The van der Waals surface area contributed by atoms with Crippen molar-refractivity contribution in [2.45, 2.75) is 27.7 Å². The van der Waals surface area contributed by atoms with E-state index in [2.05, 4.69) is 198 Å². The molecule has 0 fully saturated rings. The maximum Gasteiger partial charge on any atom is -0.0809 e. The molecule has 0 spiro atoms. The van der Waals surface area contributed by atoms with Gasteiger partial charge >= 0.3 is 82.0 Å². The fourth-order valence-corrected chi connectivity index (χ4v) is 4.28. The van der Waals surface area contributed by atoms with Crippen molar-refractivity contribution in [2.24, 2.45) is 0 Å². The molecule has 4 heteroatoms. The zero-order valence-corrected chi connectivity index (χ0v) is 35.8. The molecule has 0 saturated carbocycles. The third-order valence-corrected chi connectivity index (χ3v) is 6.19. The van der Waals surface area contributed by atoms with Crippen LogP contribution >= 0.6 is 24.8 Å². The SMILES string of the molecule is C[C](C)=[Hf+2].C[C](C)=[Hf+2].Cl.Cl.c1ccc2[cH-]ccc2c1.c1ccc2[cH-]ccc2c1.c1ccc2[cH-]ccc2c1.c1ccc2[cH-]ccc2c1. The summed E-state index contributed by atoms with van der Waals surface area (Å²) in [5.41, 5.74) is 0. The van der Waals surface area contributed by atoms with Gasteiger partial charge in [0.05, 0.1) is 0 Å². The summed E-state index contributed by atoms with van der Waals surface area (Å²) in [5.74, 6) is 0. The molecule has 8 rings (SSSR count). The van der Waals surface area contributed by atoms with Gasteiger partial charge in [0.15, 0.2) is 0 Å². The van der Waals surface area contributed by atoms with Crippen LogP contribution in [0.5, 0.6) is 0 Å². The van der Waals surface area contributed by atoms with Crippen LogP contribution < -0.4 is 0 Å². The molecule has 0 atom stereocenters. The maximum atomic E-state index is 2.15. The van der Waals surface area contributed by atoms with E-state index in [1.165, 1.54) is 90.9 Å². The predicted molar refractivity (Wildman–Crippen MR) is 205 cm³/mol. The van der Waals surface area contributed by atoms with Crippen molar-refractivity contribution in [1.82, 2.24) is 0 Å². The topological polar surface area (TPSA) is 0 Å². The Kier molecular flexibility index (Phi) is 21.3. The van der Waals surface area contributed by atoms with Crippen molar-refractivity contribution in [3.05, 3.63) is 170 Å². The molecule has 0 radical (unpaired) electrons. The van der Waals surface area contributed by atoms with Crippen LogP contribution in [-0.2, 0) is 47.8 Å². The molecule has 0 N–H and O–H groups in total. The Morgan fingerprint density at radius 3 is 0.696 bits per heavy atom. The van der Waals surface area contributed by atoms with Crippen molar-refractivity contribution in [3.63, 3.8) is 0 Å². The smallest absolute Gasteiger partial charge is 0.0809 e. The van der Waals surface area contributed by atoms with E-state index in [4.69, 9.17) is 0 Å². The van der Waals surface area contributed by atoms with Crippen molar-refractivity contribution in [1.29, 1.82) is 0 Å². The molecule has 0 unspecified atom stereocenters. The van der Waals surface area contributed by atoms with Crippen molar-refractivity contribution >= 4 is 74.4 Å². The van der Waals surface area contributed by atoms with Gasteiger partial charge in [-0.1, -0.05) is 24.3 Å². The molecule has 0 aromatic heterocycles. The van der Waals surface area contributed by atoms with Gasteiger partial charge in [-0.3, -0.25) is 0 Å². The van der Waals surface area contributed by atoms with E-state index < -0.39 is 0 Å². The van der Waals surface area contributed by atoms with E-state index >= 15 is 0 Å². The summed E-state index contributed by atoms with van der Waals surface area (Å²) in [6.07, 6.45) is 0. The maximum absolute atomic E-state index is 2.15. The van der Waals surface area contributed by atoms with Crippen LogP contribution in [0.4, 0.5) is 0 Å². The van der Waals surface area contributed by atoms with Crippen molar-refractivity contribution in [3.8, 4) is 0 Å². The van der Waals surface area contributed by atoms with Gasteiger partial charge in [-0.05, 0) is 0 Å². The number of hydrogen-bond acceptors (Lipinski definition) is 0. The zero-order chi connectivity index (χ0) is 31.6. The molecule has 0 saturated heterocycles. The zero-order valence-electron chi connectivity index (χ0n) is 27.0. The Balaban J connectivity index is 0.000000282. The number of hydrogen-bond donors (Lipinski definition) is 0. The molecule has 8 aromatic rings. The predicted octanol–water partition coefficient (Wildman–Crippen LogP) is 12.6. The first-order valence-corrected chi connectivity index (χ1v) is 18.4. The number of halogens is 2. The second-order valence-corrected chi connectivity index (χ2v) is 17.8. The molecule has 0 aliphatic heterocycles. The summed E-state index contributed by atoms with van der Waals surface area (Å²) in [7, 11) is 0. The van der Waals surface area contributed by atoms with Gasteiger partial charge < -0.3 is 0 Å². The molecular weight excluding hydrogens is 932 g/mol. The Morgan fingerprint density at radius 2 is 0.522 bits per heavy atom. The third-order valence-electron chi connectivity index (χ3n) is 6.19. The van der Waals surface area contributed by atoms with E-state index in [1.54, 1.807) is 6.51 Å². The normalized spacial score (nSPS) is 9.22. The molecule has 0 heterocycles. The summed E-state index contributed by atoms with van der Waals surface area (Å²) in [5, 5.41) is 10.6. The van der Waals surface area contributed by atoms with E-state index in [9.17, 15) is 0 Å². The van der Waals surface area contributed by atoms with Gasteiger partial charge in [-0.15, -0.1) is 143 Å². The molecule has 0 bridgehead atoms. The average Bonchev–Trinajstić information content (AvgIpc) is 3.84. The van der Waals surface area contributed by atoms with E-state index in [0.717, 1.165) is 0 Å². The third kappa shape index (κ3) is 15.8. The molecule has 0 nitrogen and oxygen atoms in total. The molecular formula is C42H42Cl2Hf2. The van der Waals surface area contributed by atoms with Crippen molar-refractivity contribution < 1.29 is 47.8 Å². The van der Waals surface area contributed by atoms with E-state index in [1.807, 2.05) is 0 Å². The quantitative estimate of drug-likeness (QED) is 0.105. The summed E-state index contributed by atoms with van der Waals surface area (Å²) in [4.78, 5) is 0. The molecule has 46 heavy (non-hydrogen) atoms. The standard InChI is InChI=1S/4C9H7.2C3H6.2ClH.2Hf/c4*1-2-5-9-7-3-6-8(9)4-1;2*1-3-2;;;;/h4*1-7H;2*1-2H3;2*1H;;/q4*-1;;;;;2*+2. The number of benzene rings is 4. The summed E-state index contributed by atoms with van der Waals surface area (Å²) in [6.45, 7) is 8.58. The Bertz CT molecular complexity index is 1560. The van der Waals surface area contributed by atoms with Crippen LogP contribution in [0.2, 0.25) is 0 Å². The molecule has 0 aliphatic carbocycles. The monoisotopic (exact) mass is 976 g/mol. The van der Waals surface area contributed by atoms with Gasteiger partial charge in [0.2, 0.25) is 0 Å². The Labute approximate surface area is 316 Å². The van der Waals surface area contributed by atoms with Crippen LogP contribution in [0.1, 0.15) is 27.7 Å². The minimum absolute atomic E-state index is 0. The van der Waals surface area contributed by atoms with Crippen LogP contribution in [0, 0.1) is 0 Å². The molecule has 8 aromatic carbocycles. The van der Waals surface area contributed by atoms with Gasteiger partial charge in [-0.2, -0.15) is 70.1 Å². The van der Waals surface area contributed by atoms with E-state index in [-0.39, 0.29) is 24.8 Å². The van der Waals surface area contributed by atoms with Gasteiger partial charge in [0.25, 0.3) is 0 Å². The summed E-state index contributed by atoms with van der Waals surface area (Å²) in [6, 6.07) is 58.7. The summed E-state index contributed by atoms with van der Waals surface area (Å²) < 4.78 is 3.11. The van der Waals surface area contributed by atoms with Crippen molar-refractivity contribution in [2.75, 3.05) is 0 Å². The minimum Gasteiger partial charge on any atom is -0.168 e. The van der Waals surface area contributed by atoms with Crippen LogP contribution in [0.3, 0.4) is 0 Å². The van der Waals surface area contributed by atoms with Crippen LogP contribution in [0.15, 0.2) is 170 Å². The molecule has 232 valence electrons. The second kappa shape index (κ2) is 23.7. The number of fused-ring (bicyclic) bond motifs is 4. The first kappa shape index (κ1) is 41.4. The average molecular weight is 975 g/mol. The largest absolute Gasteiger partial charge is 0.168 e. The van der Waals surface area contributed by atoms with E-state index in [0.29, 0.717) is 0 Å².